The van der Waals surface area contributed by atoms with Gasteiger partial charge in [0, 0.05) is 36.4 Å². The van der Waals surface area contributed by atoms with Crippen LogP contribution in [0.3, 0.4) is 0 Å². The summed E-state index contributed by atoms with van der Waals surface area (Å²) in [5, 5.41) is 5.16. The third-order valence-corrected chi connectivity index (χ3v) is 5.82. The molecule has 4 aromatic rings. The van der Waals surface area contributed by atoms with Crippen molar-refractivity contribution in [3.8, 4) is 23.2 Å². The molecular weight excluding hydrogens is 416 g/mol. The van der Waals surface area contributed by atoms with Crippen LogP contribution in [0.1, 0.15) is 28.2 Å². The van der Waals surface area contributed by atoms with Gasteiger partial charge in [0.05, 0.1) is 23.2 Å². The number of carbonyl (C=O) groups is 2. The van der Waals surface area contributed by atoms with E-state index in [1.54, 1.807) is 23.0 Å². The van der Waals surface area contributed by atoms with E-state index in [1.165, 1.54) is 0 Å². The third-order valence-electron chi connectivity index (χ3n) is 5.82. The van der Waals surface area contributed by atoms with Crippen molar-refractivity contribution < 1.29 is 9.59 Å². The Morgan fingerprint density at radius 1 is 1.18 bits per heavy atom. The fourth-order valence-corrected chi connectivity index (χ4v) is 4.05. The number of primary amides is 1. The maximum absolute atomic E-state index is 12.2. The summed E-state index contributed by atoms with van der Waals surface area (Å²) in [5.74, 6) is 5.40. The number of likely N-dealkylation sites (tertiary alicyclic amines) is 1. The highest BCUT2D eigenvalue weighted by Gasteiger charge is 2.27. The lowest BCUT2D eigenvalue weighted by atomic mass is 10.1. The summed E-state index contributed by atoms with van der Waals surface area (Å²) in [5.41, 5.74) is 9.86. The van der Waals surface area contributed by atoms with Gasteiger partial charge in [-0.15, -0.1) is 0 Å². The van der Waals surface area contributed by atoms with E-state index in [0.29, 0.717) is 5.39 Å². The van der Waals surface area contributed by atoms with Gasteiger partial charge in [-0.2, -0.15) is 5.10 Å². The van der Waals surface area contributed by atoms with Gasteiger partial charge in [-0.3, -0.25) is 9.59 Å². The molecule has 8 nitrogen and oxygen atoms in total. The van der Waals surface area contributed by atoms with Crippen LogP contribution in [0.15, 0.2) is 55.0 Å². The van der Waals surface area contributed by atoms with Crippen LogP contribution in [-0.2, 0) is 4.79 Å². The Labute approximate surface area is 190 Å². The molecule has 33 heavy (non-hydrogen) atoms. The summed E-state index contributed by atoms with van der Waals surface area (Å²) in [6, 6.07) is 13.3. The smallest absolute Gasteiger partial charge is 0.269 e. The maximum atomic E-state index is 12.2. The number of nitrogens with two attached hydrogens (primary N) is 1. The van der Waals surface area contributed by atoms with Crippen LogP contribution in [0.5, 0.6) is 0 Å². The molecule has 2 aromatic heterocycles. The van der Waals surface area contributed by atoms with E-state index < -0.39 is 5.91 Å². The molecule has 1 aliphatic rings. The highest BCUT2D eigenvalue weighted by Crippen LogP contribution is 2.25. The number of amides is 2. The summed E-state index contributed by atoms with van der Waals surface area (Å²) >= 11 is 0. The average Bonchev–Trinajstić information content (AvgIpc) is 3.50. The second kappa shape index (κ2) is 7.95. The Bertz CT molecular complexity index is 1470. The van der Waals surface area contributed by atoms with Gasteiger partial charge in [0.15, 0.2) is 5.69 Å². The number of benzene rings is 2. The first kappa shape index (κ1) is 20.5. The third kappa shape index (κ3) is 3.74. The summed E-state index contributed by atoms with van der Waals surface area (Å²) in [4.78, 5) is 30.2. The van der Waals surface area contributed by atoms with Crippen molar-refractivity contribution in [3.63, 3.8) is 0 Å². The van der Waals surface area contributed by atoms with E-state index >= 15 is 0 Å². The summed E-state index contributed by atoms with van der Waals surface area (Å²) in [6.45, 7) is 2.65. The lowest BCUT2D eigenvalue weighted by molar-refractivity contribution is -0.128. The second-order valence-corrected chi connectivity index (χ2v) is 8.17. The average molecular weight is 438 g/mol. The van der Waals surface area contributed by atoms with Crippen LogP contribution in [-0.4, -0.2) is 49.6 Å². The number of hydrogen-bond donors (Lipinski definition) is 1. The number of fused-ring (bicyclic) bond motifs is 1. The van der Waals surface area contributed by atoms with Gasteiger partial charge in [-0.25, -0.2) is 9.67 Å². The highest BCUT2D eigenvalue weighted by atomic mass is 16.2. The number of aromatic nitrogens is 4. The Hall–Kier alpha value is -4.38. The quantitative estimate of drug-likeness (QED) is 0.497. The number of hydrogen-bond acceptors (Lipinski definition) is 4. The summed E-state index contributed by atoms with van der Waals surface area (Å²) < 4.78 is 3.58. The number of nitrogens with zero attached hydrogens (tertiary/aromatic N) is 5. The van der Waals surface area contributed by atoms with E-state index in [2.05, 4.69) is 21.9 Å². The first-order valence-electron chi connectivity index (χ1n) is 10.6. The molecule has 0 saturated carbocycles. The zero-order valence-corrected chi connectivity index (χ0v) is 18.3. The normalized spacial score (nSPS) is 15.6. The summed E-state index contributed by atoms with van der Waals surface area (Å²) in [6.07, 6.45) is 4.37. The lowest BCUT2D eigenvalue weighted by Crippen LogP contribution is -2.21. The van der Waals surface area contributed by atoms with E-state index in [1.807, 2.05) is 60.2 Å². The van der Waals surface area contributed by atoms with E-state index in [-0.39, 0.29) is 17.5 Å². The Balaban J connectivity index is 1.56. The molecule has 164 valence electrons. The van der Waals surface area contributed by atoms with Gasteiger partial charge < -0.3 is 15.2 Å². The molecule has 2 N–H and O–H groups in total. The van der Waals surface area contributed by atoms with Crippen LogP contribution in [0.4, 0.5) is 0 Å². The van der Waals surface area contributed by atoms with Crippen LogP contribution in [0, 0.1) is 24.7 Å². The van der Waals surface area contributed by atoms with E-state index in [0.717, 1.165) is 41.1 Å². The minimum atomic E-state index is -0.600. The molecular formula is C25H22N6O2. The molecule has 1 saturated heterocycles. The molecule has 0 radical (unpaired) electrons. The molecule has 0 unspecified atom stereocenters. The number of imidazole rings is 1. The predicted molar refractivity (Wildman–Crippen MR) is 124 cm³/mol. The van der Waals surface area contributed by atoms with Crippen molar-refractivity contribution in [2.24, 2.45) is 11.7 Å². The first-order chi connectivity index (χ1) is 15.9. The van der Waals surface area contributed by atoms with Crippen molar-refractivity contribution in [1.29, 1.82) is 0 Å². The molecule has 8 heteroatoms. The minimum Gasteiger partial charge on any atom is -0.364 e. The van der Waals surface area contributed by atoms with Gasteiger partial charge in [-0.05, 0) is 49.7 Å². The fourth-order valence-electron chi connectivity index (χ4n) is 4.05. The molecule has 3 heterocycles. The maximum Gasteiger partial charge on any atom is 0.269 e. The molecule has 1 atom stereocenters. The fraction of sp³-hybridized carbons (Fsp3) is 0.200. The number of carbonyl (C=O) groups excluding carboxylic acids is 2. The molecule has 2 amide bonds. The Morgan fingerprint density at radius 3 is 2.73 bits per heavy atom. The molecule has 1 fully saturated rings. The first-order valence-corrected chi connectivity index (χ1v) is 10.6. The molecule has 0 spiro atoms. The van der Waals surface area contributed by atoms with Crippen LogP contribution < -0.4 is 5.73 Å². The van der Waals surface area contributed by atoms with E-state index in [9.17, 15) is 9.59 Å². The van der Waals surface area contributed by atoms with Crippen molar-refractivity contribution >= 4 is 22.7 Å². The predicted octanol–water partition coefficient (Wildman–Crippen LogP) is 2.45. The van der Waals surface area contributed by atoms with Crippen LogP contribution in [0.25, 0.3) is 22.3 Å². The van der Waals surface area contributed by atoms with Gasteiger partial charge in [-0.1, -0.05) is 17.9 Å². The van der Waals surface area contributed by atoms with Crippen LogP contribution >= 0.6 is 0 Å². The van der Waals surface area contributed by atoms with Gasteiger partial charge in [0.2, 0.25) is 5.91 Å². The molecule has 0 aliphatic carbocycles. The van der Waals surface area contributed by atoms with Crippen molar-refractivity contribution in [2.45, 2.75) is 13.3 Å². The highest BCUT2D eigenvalue weighted by molar-refractivity contribution is 6.05. The topological polar surface area (TPSA) is 99.0 Å². The van der Waals surface area contributed by atoms with E-state index in [4.69, 9.17) is 5.73 Å². The Kier molecular flexibility index (Phi) is 4.94. The monoisotopic (exact) mass is 438 g/mol. The van der Waals surface area contributed by atoms with Crippen molar-refractivity contribution in [3.05, 3.63) is 71.9 Å². The van der Waals surface area contributed by atoms with Gasteiger partial charge in [0.25, 0.3) is 5.91 Å². The number of rotatable bonds is 3. The van der Waals surface area contributed by atoms with Gasteiger partial charge in [0.1, 0.15) is 5.92 Å². The molecule has 0 bridgehead atoms. The Morgan fingerprint density at radius 2 is 2.03 bits per heavy atom. The second-order valence-electron chi connectivity index (χ2n) is 8.17. The molecule has 2 aromatic carbocycles. The molecule has 5 rings (SSSR count). The zero-order valence-electron chi connectivity index (χ0n) is 18.3. The largest absolute Gasteiger partial charge is 0.364 e. The minimum absolute atomic E-state index is 0.0618. The SMILES string of the molecule is Cc1cn(-c2ccc3c(c2)c(C(N)=O)nn3-c2cccc(C#C[C@@H]3CCN(C)C3=O)c2)cn1. The molecule has 1 aliphatic heterocycles. The van der Waals surface area contributed by atoms with Crippen molar-refractivity contribution in [2.75, 3.05) is 13.6 Å². The lowest BCUT2D eigenvalue weighted by Gasteiger charge is -2.06. The van der Waals surface area contributed by atoms with Crippen molar-refractivity contribution in [1.82, 2.24) is 24.2 Å². The van der Waals surface area contributed by atoms with Crippen LogP contribution in [0.2, 0.25) is 0 Å². The number of aryl methyl sites for hydroxylation is 1. The zero-order chi connectivity index (χ0) is 23.1. The van der Waals surface area contributed by atoms with Gasteiger partial charge >= 0.3 is 0 Å². The summed E-state index contributed by atoms with van der Waals surface area (Å²) in [7, 11) is 1.79. The standard InChI is InChI=1S/C25H22N6O2/c1-16-14-30(15-27-16)19-8-9-22-21(13-19)23(24(26)32)28-31(22)20-5-3-4-17(12-20)6-7-18-10-11-29(2)25(18)33/h3-5,8-9,12-15,18H,10-11H2,1-2H3,(H2,26,32)/t18-/m1/s1.